The lowest BCUT2D eigenvalue weighted by atomic mass is 10.2. The van der Waals surface area contributed by atoms with Crippen LogP contribution in [0.5, 0.6) is 0 Å². The van der Waals surface area contributed by atoms with Crippen molar-refractivity contribution in [2.45, 2.75) is 18.4 Å². The zero-order valence-electron chi connectivity index (χ0n) is 16.1. The molecule has 0 aliphatic carbocycles. The van der Waals surface area contributed by atoms with Gasteiger partial charge >= 0.3 is 0 Å². The fraction of sp³-hybridized carbons (Fsp3) is 0.0909. The summed E-state index contributed by atoms with van der Waals surface area (Å²) in [5, 5.41) is 3.38. The highest BCUT2D eigenvalue weighted by atomic mass is 35.5. The standard InChI is InChI=1S/C22H19ClN2O4S/c1-15(26)17-7-11-21(12-8-17)30(28,29)25-20-9-5-18(6-10-20)22(27)24-14-16-3-2-4-19(23)13-16/h2-13,25H,14H2,1H3,(H,24,27). The Morgan fingerprint density at radius 1 is 0.900 bits per heavy atom. The largest absolute Gasteiger partial charge is 0.348 e. The summed E-state index contributed by atoms with van der Waals surface area (Å²) in [5.41, 5.74) is 2.01. The van der Waals surface area contributed by atoms with E-state index in [4.69, 9.17) is 11.6 Å². The molecule has 0 aliphatic rings. The zero-order valence-corrected chi connectivity index (χ0v) is 17.6. The van der Waals surface area contributed by atoms with Crippen molar-refractivity contribution in [2.75, 3.05) is 4.72 Å². The molecule has 1 amide bonds. The molecule has 6 nitrogen and oxygen atoms in total. The Morgan fingerprint density at radius 2 is 1.53 bits per heavy atom. The zero-order chi connectivity index (χ0) is 21.7. The van der Waals surface area contributed by atoms with Crippen molar-refractivity contribution >= 4 is 39.0 Å². The van der Waals surface area contributed by atoms with Gasteiger partial charge in [-0.15, -0.1) is 0 Å². The van der Waals surface area contributed by atoms with E-state index in [1.165, 1.54) is 55.5 Å². The highest BCUT2D eigenvalue weighted by Crippen LogP contribution is 2.18. The third kappa shape index (κ3) is 5.46. The van der Waals surface area contributed by atoms with Gasteiger partial charge in [0.25, 0.3) is 15.9 Å². The predicted octanol–water partition coefficient (Wildman–Crippen LogP) is 4.27. The van der Waals surface area contributed by atoms with Gasteiger partial charge in [0.05, 0.1) is 4.90 Å². The number of hydrogen-bond donors (Lipinski definition) is 2. The first-order valence-electron chi connectivity index (χ1n) is 9.01. The van der Waals surface area contributed by atoms with Crippen molar-refractivity contribution in [3.05, 3.63) is 94.5 Å². The number of ketones is 1. The minimum atomic E-state index is -3.81. The van der Waals surface area contributed by atoms with Crippen LogP contribution in [0.25, 0.3) is 0 Å². The minimum absolute atomic E-state index is 0.0378. The van der Waals surface area contributed by atoms with Gasteiger partial charge in [0, 0.05) is 28.4 Å². The molecule has 30 heavy (non-hydrogen) atoms. The van der Waals surface area contributed by atoms with Crippen LogP contribution in [-0.4, -0.2) is 20.1 Å². The van der Waals surface area contributed by atoms with Gasteiger partial charge in [-0.25, -0.2) is 8.42 Å². The lowest BCUT2D eigenvalue weighted by molar-refractivity contribution is 0.0950. The Morgan fingerprint density at radius 3 is 2.13 bits per heavy atom. The first-order chi connectivity index (χ1) is 14.2. The number of sulfonamides is 1. The average molecular weight is 443 g/mol. The second kappa shape index (κ2) is 9.11. The van der Waals surface area contributed by atoms with E-state index in [1.54, 1.807) is 18.2 Å². The summed E-state index contributed by atoms with van der Waals surface area (Å²) in [7, 11) is -3.81. The van der Waals surface area contributed by atoms with E-state index < -0.39 is 10.0 Å². The molecule has 3 rings (SSSR count). The molecule has 0 saturated carbocycles. The molecule has 0 radical (unpaired) electrons. The van der Waals surface area contributed by atoms with Crippen LogP contribution in [0.1, 0.15) is 33.2 Å². The van der Waals surface area contributed by atoms with Gasteiger partial charge < -0.3 is 5.32 Å². The molecule has 0 heterocycles. The van der Waals surface area contributed by atoms with Crippen molar-refractivity contribution in [1.29, 1.82) is 0 Å². The Bertz CT molecular complexity index is 1170. The van der Waals surface area contributed by atoms with Crippen LogP contribution in [-0.2, 0) is 16.6 Å². The smallest absolute Gasteiger partial charge is 0.261 e. The second-order valence-electron chi connectivity index (χ2n) is 6.58. The number of anilines is 1. The maximum absolute atomic E-state index is 12.5. The summed E-state index contributed by atoms with van der Waals surface area (Å²) in [6.45, 7) is 1.73. The number of carbonyl (C=O) groups excluding carboxylic acids is 2. The molecule has 0 atom stereocenters. The molecule has 0 fully saturated rings. The third-order valence-corrected chi connectivity index (χ3v) is 5.94. The van der Waals surface area contributed by atoms with E-state index in [1.807, 2.05) is 6.07 Å². The van der Waals surface area contributed by atoms with E-state index >= 15 is 0 Å². The Hall–Kier alpha value is -3.16. The van der Waals surface area contributed by atoms with E-state index in [2.05, 4.69) is 10.0 Å². The van der Waals surface area contributed by atoms with Crippen molar-refractivity contribution in [2.24, 2.45) is 0 Å². The maximum atomic E-state index is 12.5. The molecule has 0 saturated heterocycles. The normalized spacial score (nSPS) is 11.0. The number of hydrogen-bond acceptors (Lipinski definition) is 4. The van der Waals surface area contributed by atoms with Crippen LogP contribution < -0.4 is 10.0 Å². The molecule has 0 spiro atoms. The van der Waals surface area contributed by atoms with Gasteiger partial charge in [0.1, 0.15) is 0 Å². The average Bonchev–Trinajstić information content (AvgIpc) is 2.72. The van der Waals surface area contributed by atoms with E-state index in [-0.39, 0.29) is 16.6 Å². The number of halogens is 1. The maximum Gasteiger partial charge on any atom is 0.261 e. The highest BCUT2D eigenvalue weighted by Gasteiger charge is 2.15. The van der Waals surface area contributed by atoms with E-state index in [9.17, 15) is 18.0 Å². The van der Waals surface area contributed by atoms with Crippen LogP contribution in [0.3, 0.4) is 0 Å². The fourth-order valence-electron chi connectivity index (χ4n) is 2.70. The van der Waals surface area contributed by atoms with Crippen LogP contribution in [0.2, 0.25) is 5.02 Å². The van der Waals surface area contributed by atoms with Crippen molar-refractivity contribution in [3.8, 4) is 0 Å². The lowest BCUT2D eigenvalue weighted by Gasteiger charge is -2.10. The van der Waals surface area contributed by atoms with Gasteiger partial charge in [0.2, 0.25) is 0 Å². The summed E-state index contributed by atoms with van der Waals surface area (Å²) in [5.74, 6) is -0.430. The van der Waals surface area contributed by atoms with Crippen LogP contribution in [0, 0.1) is 0 Å². The molecule has 0 aromatic heterocycles. The molecule has 154 valence electrons. The van der Waals surface area contributed by atoms with E-state index in [0.717, 1.165) is 5.56 Å². The molecule has 8 heteroatoms. The first-order valence-corrected chi connectivity index (χ1v) is 10.9. The lowest BCUT2D eigenvalue weighted by Crippen LogP contribution is -2.22. The number of carbonyl (C=O) groups is 2. The van der Waals surface area contributed by atoms with Crippen LogP contribution >= 0.6 is 11.6 Å². The van der Waals surface area contributed by atoms with Crippen LogP contribution in [0.15, 0.2) is 77.7 Å². The summed E-state index contributed by atoms with van der Waals surface area (Å²) < 4.78 is 27.5. The number of rotatable bonds is 7. The SMILES string of the molecule is CC(=O)c1ccc(S(=O)(=O)Nc2ccc(C(=O)NCc3cccc(Cl)c3)cc2)cc1. The van der Waals surface area contributed by atoms with Crippen molar-refractivity contribution in [1.82, 2.24) is 5.32 Å². The Kier molecular flexibility index (Phi) is 6.54. The predicted molar refractivity (Wildman–Crippen MR) is 116 cm³/mol. The molecule has 3 aromatic carbocycles. The first kappa shape index (κ1) is 21.5. The van der Waals surface area contributed by atoms with Crippen LogP contribution in [0.4, 0.5) is 5.69 Å². The molecular weight excluding hydrogens is 424 g/mol. The second-order valence-corrected chi connectivity index (χ2v) is 8.69. The third-order valence-electron chi connectivity index (χ3n) is 4.31. The summed E-state index contributed by atoms with van der Waals surface area (Å²) in [6, 6.07) is 18.9. The highest BCUT2D eigenvalue weighted by molar-refractivity contribution is 7.92. The number of amides is 1. The van der Waals surface area contributed by atoms with Gasteiger partial charge in [-0.05, 0) is 61.0 Å². The van der Waals surface area contributed by atoms with Gasteiger partial charge in [-0.1, -0.05) is 35.9 Å². The summed E-state index contributed by atoms with van der Waals surface area (Å²) in [6.07, 6.45) is 0. The summed E-state index contributed by atoms with van der Waals surface area (Å²) in [4.78, 5) is 23.7. The minimum Gasteiger partial charge on any atom is -0.348 e. The molecule has 0 unspecified atom stereocenters. The number of benzene rings is 3. The topological polar surface area (TPSA) is 92.3 Å². The fourth-order valence-corrected chi connectivity index (χ4v) is 3.98. The van der Waals surface area contributed by atoms with Crippen molar-refractivity contribution < 1.29 is 18.0 Å². The van der Waals surface area contributed by atoms with Gasteiger partial charge in [0.15, 0.2) is 5.78 Å². The Labute approximate surface area is 179 Å². The Balaban J connectivity index is 1.64. The molecule has 0 aliphatic heterocycles. The summed E-state index contributed by atoms with van der Waals surface area (Å²) >= 11 is 5.93. The number of nitrogens with one attached hydrogen (secondary N) is 2. The van der Waals surface area contributed by atoms with Crippen molar-refractivity contribution in [3.63, 3.8) is 0 Å². The molecular formula is C22H19ClN2O4S. The monoisotopic (exact) mass is 442 g/mol. The van der Waals surface area contributed by atoms with Gasteiger partial charge in [-0.3, -0.25) is 14.3 Å². The van der Waals surface area contributed by atoms with Gasteiger partial charge in [-0.2, -0.15) is 0 Å². The number of Topliss-reactive ketones (excluding diaryl/α,β-unsaturated/α-hetero) is 1. The quantitative estimate of drug-likeness (QED) is 0.534. The molecule has 2 N–H and O–H groups in total. The molecule has 0 bridgehead atoms. The van der Waals surface area contributed by atoms with E-state index in [0.29, 0.717) is 28.4 Å². The molecule has 3 aromatic rings.